The predicted molar refractivity (Wildman–Crippen MR) is 68.1 cm³/mol. The Hall–Kier alpha value is -1.26. The average molecular weight is 288 g/mol. The first-order valence-corrected chi connectivity index (χ1v) is 6.21. The third kappa shape index (κ3) is 2.76. The Labute approximate surface area is 114 Å². The zero-order chi connectivity index (χ0) is 13.3. The molecule has 0 radical (unpaired) electrons. The van der Waals surface area contributed by atoms with Gasteiger partial charge in [-0.3, -0.25) is 9.59 Å². The molecule has 0 aliphatic heterocycles. The maximum atomic E-state index is 11.8. The number of nitrogens with one attached hydrogen (secondary N) is 1. The molecule has 1 aromatic rings. The Balaban J connectivity index is 1.93. The van der Waals surface area contributed by atoms with Crippen LogP contribution >= 0.6 is 23.2 Å². The van der Waals surface area contributed by atoms with E-state index in [0.29, 0.717) is 28.5 Å². The molecule has 1 fully saturated rings. The Morgan fingerprint density at radius 2 is 1.89 bits per heavy atom. The maximum Gasteiger partial charge on any atom is 0.306 e. The maximum absolute atomic E-state index is 11.8. The van der Waals surface area contributed by atoms with Gasteiger partial charge in [-0.05, 0) is 31.0 Å². The van der Waals surface area contributed by atoms with Crippen molar-refractivity contribution in [2.24, 2.45) is 5.92 Å². The zero-order valence-electron chi connectivity index (χ0n) is 9.32. The SMILES string of the molecule is O=C(NC1CC(C(=O)O)C1)c1ccc(Cl)c(Cl)c1. The minimum Gasteiger partial charge on any atom is -0.481 e. The summed E-state index contributed by atoms with van der Waals surface area (Å²) >= 11 is 11.6. The molecule has 18 heavy (non-hydrogen) atoms. The molecule has 0 atom stereocenters. The summed E-state index contributed by atoms with van der Waals surface area (Å²) in [6.07, 6.45) is 0.949. The first-order valence-electron chi connectivity index (χ1n) is 5.46. The van der Waals surface area contributed by atoms with Gasteiger partial charge in [0.05, 0.1) is 16.0 Å². The number of rotatable bonds is 3. The summed E-state index contributed by atoms with van der Waals surface area (Å²) in [5, 5.41) is 12.2. The summed E-state index contributed by atoms with van der Waals surface area (Å²) in [5.74, 6) is -1.42. The van der Waals surface area contributed by atoms with Crippen LogP contribution < -0.4 is 5.32 Å². The topological polar surface area (TPSA) is 66.4 Å². The van der Waals surface area contributed by atoms with Gasteiger partial charge < -0.3 is 10.4 Å². The summed E-state index contributed by atoms with van der Waals surface area (Å²) in [4.78, 5) is 22.4. The summed E-state index contributed by atoms with van der Waals surface area (Å²) in [6, 6.07) is 4.55. The number of hydrogen-bond donors (Lipinski definition) is 2. The lowest BCUT2D eigenvalue weighted by atomic mass is 9.80. The van der Waals surface area contributed by atoms with E-state index in [1.807, 2.05) is 0 Å². The van der Waals surface area contributed by atoms with Crippen molar-refractivity contribution in [3.63, 3.8) is 0 Å². The van der Waals surface area contributed by atoms with E-state index < -0.39 is 5.97 Å². The molecule has 4 nitrogen and oxygen atoms in total. The fourth-order valence-electron chi connectivity index (χ4n) is 1.84. The van der Waals surface area contributed by atoms with Gasteiger partial charge in [-0.1, -0.05) is 23.2 Å². The minimum atomic E-state index is -0.810. The van der Waals surface area contributed by atoms with E-state index in [-0.39, 0.29) is 17.9 Å². The lowest BCUT2D eigenvalue weighted by Gasteiger charge is -2.32. The van der Waals surface area contributed by atoms with Crippen LogP contribution in [-0.4, -0.2) is 23.0 Å². The van der Waals surface area contributed by atoms with Crippen molar-refractivity contribution in [2.45, 2.75) is 18.9 Å². The normalized spacial score (nSPS) is 22.1. The number of hydrogen-bond acceptors (Lipinski definition) is 2. The Morgan fingerprint density at radius 3 is 2.44 bits per heavy atom. The monoisotopic (exact) mass is 287 g/mol. The number of carboxylic acid groups (broad SMARTS) is 1. The molecule has 0 unspecified atom stereocenters. The van der Waals surface area contributed by atoms with Gasteiger partial charge >= 0.3 is 5.97 Å². The minimum absolute atomic E-state index is 0.0759. The number of halogens is 2. The summed E-state index contributed by atoms with van der Waals surface area (Å²) < 4.78 is 0. The number of carbonyl (C=O) groups is 2. The van der Waals surface area contributed by atoms with Crippen molar-refractivity contribution in [1.82, 2.24) is 5.32 Å². The van der Waals surface area contributed by atoms with Gasteiger partial charge in [-0.25, -0.2) is 0 Å². The van der Waals surface area contributed by atoms with Crippen molar-refractivity contribution in [3.05, 3.63) is 33.8 Å². The standard InChI is InChI=1S/C12H11Cl2NO3/c13-9-2-1-6(5-10(9)14)11(16)15-8-3-7(4-8)12(17)18/h1-2,5,7-8H,3-4H2,(H,15,16)(H,17,18). The molecule has 96 valence electrons. The van der Waals surface area contributed by atoms with E-state index >= 15 is 0 Å². The molecule has 0 saturated heterocycles. The molecule has 1 aliphatic carbocycles. The molecule has 2 N–H and O–H groups in total. The average Bonchev–Trinajstić information content (AvgIpc) is 2.25. The third-order valence-electron chi connectivity index (χ3n) is 3.00. The Bertz CT molecular complexity index is 498. The lowest BCUT2D eigenvalue weighted by Crippen LogP contribution is -2.46. The highest BCUT2D eigenvalue weighted by Crippen LogP contribution is 2.28. The van der Waals surface area contributed by atoms with Gasteiger partial charge in [0.1, 0.15) is 0 Å². The van der Waals surface area contributed by atoms with Crippen LogP contribution in [0, 0.1) is 5.92 Å². The van der Waals surface area contributed by atoms with Gasteiger partial charge in [0.2, 0.25) is 0 Å². The van der Waals surface area contributed by atoms with Crippen molar-refractivity contribution >= 4 is 35.1 Å². The number of benzene rings is 1. The third-order valence-corrected chi connectivity index (χ3v) is 3.74. The molecule has 0 spiro atoms. The van der Waals surface area contributed by atoms with Crippen molar-refractivity contribution in [3.8, 4) is 0 Å². The van der Waals surface area contributed by atoms with Gasteiger partial charge in [-0.2, -0.15) is 0 Å². The molecule has 1 amide bonds. The first-order chi connectivity index (χ1) is 8.47. The molecule has 2 rings (SSSR count). The lowest BCUT2D eigenvalue weighted by molar-refractivity contribution is -0.145. The first kappa shape index (κ1) is 13.2. The van der Waals surface area contributed by atoms with Crippen LogP contribution in [0.3, 0.4) is 0 Å². The van der Waals surface area contributed by atoms with E-state index in [1.165, 1.54) is 6.07 Å². The van der Waals surface area contributed by atoms with Crippen LogP contribution in [0.25, 0.3) is 0 Å². The van der Waals surface area contributed by atoms with Crippen LogP contribution in [0.15, 0.2) is 18.2 Å². The second kappa shape index (κ2) is 5.16. The van der Waals surface area contributed by atoms with E-state index in [9.17, 15) is 9.59 Å². The predicted octanol–water partition coefficient (Wildman–Crippen LogP) is 2.59. The molecular weight excluding hydrogens is 277 g/mol. The fraction of sp³-hybridized carbons (Fsp3) is 0.333. The smallest absolute Gasteiger partial charge is 0.306 e. The number of carbonyl (C=O) groups excluding carboxylic acids is 1. The van der Waals surface area contributed by atoms with Crippen molar-refractivity contribution in [2.75, 3.05) is 0 Å². The second-order valence-electron chi connectivity index (χ2n) is 4.31. The van der Waals surface area contributed by atoms with Crippen LogP contribution in [-0.2, 0) is 4.79 Å². The van der Waals surface area contributed by atoms with Crippen LogP contribution in [0.4, 0.5) is 0 Å². The highest BCUT2D eigenvalue weighted by molar-refractivity contribution is 6.42. The molecule has 1 aliphatic rings. The van der Waals surface area contributed by atoms with E-state index in [4.69, 9.17) is 28.3 Å². The molecular formula is C12H11Cl2NO3. The van der Waals surface area contributed by atoms with E-state index in [0.717, 1.165) is 0 Å². The van der Waals surface area contributed by atoms with Crippen LogP contribution in [0.1, 0.15) is 23.2 Å². The van der Waals surface area contributed by atoms with Crippen molar-refractivity contribution in [1.29, 1.82) is 0 Å². The van der Waals surface area contributed by atoms with Crippen LogP contribution in [0.2, 0.25) is 10.0 Å². The number of aliphatic carboxylic acids is 1. The molecule has 0 bridgehead atoms. The molecule has 6 heteroatoms. The van der Waals surface area contributed by atoms with E-state index in [2.05, 4.69) is 5.32 Å². The zero-order valence-corrected chi connectivity index (χ0v) is 10.8. The molecule has 1 aromatic carbocycles. The van der Waals surface area contributed by atoms with Gasteiger partial charge in [0.25, 0.3) is 5.91 Å². The highest BCUT2D eigenvalue weighted by Gasteiger charge is 2.35. The quantitative estimate of drug-likeness (QED) is 0.898. The Morgan fingerprint density at radius 1 is 1.22 bits per heavy atom. The van der Waals surface area contributed by atoms with Gasteiger partial charge in [0, 0.05) is 11.6 Å². The summed E-state index contributed by atoms with van der Waals surface area (Å²) in [7, 11) is 0. The summed E-state index contributed by atoms with van der Waals surface area (Å²) in [6.45, 7) is 0. The molecule has 1 saturated carbocycles. The summed E-state index contributed by atoms with van der Waals surface area (Å²) in [5.41, 5.74) is 0.420. The molecule has 0 aromatic heterocycles. The van der Waals surface area contributed by atoms with Gasteiger partial charge in [0.15, 0.2) is 0 Å². The van der Waals surface area contributed by atoms with E-state index in [1.54, 1.807) is 12.1 Å². The largest absolute Gasteiger partial charge is 0.481 e. The number of amides is 1. The number of carboxylic acids is 1. The van der Waals surface area contributed by atoms with Crippen molar-refractivity contribution < 1.29 is 14.7 Å². The fourth-order valence-corrected chi connectivity index (χ4v) is 2.14. The molecule has 0 heterocycles. The second-order valence-corrected chi connectivity index (χ2v) is 5.12. The van der Waals surface area contributed by atoms with Crippen LogP contribution in [0.5, 0.6) is 0 Å². The highest BCUT2D eigenvalue weighted by atomic mass is 35.5. The Kier molecular flexibility index (Phi) is 3.78. The van der Waals surface area contributed by atoms with Gasteiger partial charge in [-0.15, -0.1) is 0 Å².